The fraction of sp³-hybridized carbons (Fsp3) is 0.778. The Morgan fingerprint density at radius 1 is 1.19 bits per heavy atom. The SMILES string of the molecule is C=C1CC[C@]2(C)[C@H](CCCC23OCCO3)[C@@]1(C)C[C@H](O[Si](C)(C)C(C)(C)C)c1ccoc1. The lowest BCUT2D eigenvalue weighted by molar-refractivity contribution is -0.287. The molecule has 4 nitrogen and oxygen atoms in total. The molecule has 3 aliphatic rings. The highest BCUT2D eigenvalue weighted by molar-refractivity contribution is 6.74. The molecule has 4 atom stereocenters. The second-order valence-electron chi connectivity index (χ2n) is 12.5. The zero-order valence-corrected chi connectivity index (χ0v) is 22.4. The predicted octanol–water partition coefficient (Wildman–Crippen LogP) is 7.64. The summed E-state index contributed by atoms with van der Waals surface area (Å²) in [5, 5.41) is 0.147. The van der Waals surface area contributed by atoms with Gasteiger partial charge < -0.3 is 18.3 Å². The van der Waals surface area contributed by atoms with Gasteiger partial charge in [-0.1, -0.05) is 46.8 Å². The fourth-order valence-corrected chi connectivity index (χ4v) is 7.84. The van der Waals surface area contributed by atoms with Crippen molar-refractivity contribution in [3.05, 3.63) is 36.3 Å². The van der Waals surface area contributed by atoms with Crippen LogP contribution in [0.2, 0.25) is 18.1 Å². The van der Waals surface area contributed by atoms with Crippen molar-refractivity contribution in [3.63, 3.8) is 0 Å². The molecule has 4 rings (SSSR count). The molecule has 0 unspecified atom stereocenters. The average molecular weight is 461 g/mol. The molecule has 5 heteroatoms. The number of hydrogen-bond donors (Lipinski definition) is 0. The average Bonchev–Trinajstić information content (AvgIpc) is 3.39. The van der Waals surface area contributed by atoms with E-state index in [2.05, 4.69) is 60.4 Å². The maximum Gasteiger partial charge on any atom is 0.192 e. The summed E-state index contributed by atoms with van der Waals surface area (Å²) in [7, 11) is -1.98. The summed E-state index contributed by atoms with van der Waals surface area (Å²) >= 11 is 0. The van der Waals surface area contributed by atoms with Gasteiger partial charge >= 0.3 is 0 Å². The minimum atomic E-state index is -1.98. The van der Waals surface area contributed by atoms with Gasteiger partial charge in [0.05, 0.1) is 31.8 Å². The topological polar surface area (TPSA) is 40.8 Å². The lowest BCUT2D eigenvalue weighted by Crippen LogP contribution is -2.60. The molecule has 1 aromatic rings. The quantitative estimate of drug-likeness (QED) is 0.334. The number of fused-ring (bicyclic) bond motifs is 2. The van der Waals surface area contributed by atoms with Crippen LogP contribution in [0.25, 0.3) is 0 Å². The largest absolute Gasteiger partial charge is 0.472 e. The maximum absolute atomic E-state index is 7.07. The highest BCUT2D eigenvalue weighted by Gasteiger charge is 2.64. The number of rotatable bonds is 5. The van der Waals surface area contributed by atoms with E-state index in [0.29, 0.717) is 19.1 Å². The Hall–Kier alpha value is -0.883. The summed E-state index contributed by atoms with van der Waals surface area (Å²) in [5.41, 5.74) is 2.47. The molecule has 0 radical (unpaired) electrons. The molecule has 32 heavy (non-hydrogen) atoms. The maximum atomic E-state index is 7.07. The molecular formula is C27H44O4Si. The summed E-state index contributed by atoms with van der Waals surface area (Å²) in [6.07, 6.45) is 10.0. The Morgan fingerprint density at radius 2 is 1.88 bits per heavy atom. The van der Waals surface area contributed by atoms with Crippen LogP contribution in [0.5, 0.6) is 0 Å². The van der Waals surface area contributed by atoms with E-state index in [1.165, 1.54) is 12.0 Å². The second kappa shape index (κ2) is 8.11. The van der Waals surface area contributed by atoms with Crippen LogP contribution in [0.1, 0.15) is 84.8 Å². The van der Waals surface area contributed by atoms with Gasteiger partial charge in [-0.3, -0.25) is 0 Å². The van der Waals surface area contributed by atoms with Gasteiger partial charge in [-0.25, -0.2) is 0 Å². The van der Waals surface area contributed by atoms with E-state index in [0.717, 1.165) is 37.7 Å². The first kappa shape index (κ1) is 24.2. The van der Waals surface area contributed by atoms with E-state index >= 15 is 0 Å². The Morgan fingerprint density at radius 3 is 2.47 bits per heavy atom. The molecule has 0 amide bonds. The van der Waals surface area contributed by atoms with Gasteiger partial charge in [-0.2, -0.15) is 0 Å². The molecule has 2 saturated carbocycles. The van der Waals surface area contributed by atoms with Crippen molar-refractivity contribution in [1.29, 1.82) is 0 Å². The van der Waals surface area contributed by atoms with Gasteiger partial charge in [0.15, 0.2) is 14.1 Å². The number of allylic oxidation sites excluding steroid dienone is 1. The van der Waals surface area contributed by atoms with Crippen molar-refractivity contribution in [3.8, 4) is 0 Å². The molecule has 3 fully saturated rings. The predicted molar refractivity (Wildman–Crippen MR) is 131 cm³/mol. The Bertz CT molecular complexity index is 817. The van der Waals surface area contributed by atoms with Crippen LogP contribution in [0.3, 0.4) is 0 Å². The number of hydrogen-bond acceptors (Lipinski definition) is 4. The van der Waals surface area contributed by atoms with E-state index in [1.54, 1.807) is 6.26 Å². The summed E-state index contributed by atoms with van der Waals surface area (Å²) in [6, 6.07) is 2.08. The van der Waals surface area contributed by atoms with Crippen LogP contribution in [0.4, 0.5) is 0 Å². The molecule has 0 aromatic carbocycles. The van der Waals surface area contributed by atoms with Crippen molar-refractivity contribution in [2.24, 2.45) is 16.7 Å². The van der Waals surface area contributed by atoms with Crippen LogP contribution >= 0.6 is 0 Å². The molecule has 2 aliphatic carbocycles. The first-order valence-corrected chi connectivity index (χ1v) is 15.4. The normalized spacial score (nSPS) is 34.0. The van der Waals surface area contributed by atoms with Crippen molar-refractivity contribution >= 4 is 8.32 Å². The monoisotopic (exact) mass is 460 g/mol. The van der Waals surface area contributed by atoms with Gasteiger partial charge in [0.2, 0.25) is 0 Å². The van der Waals surface area contributed by atoms with Crippen molar-refractivity contribution in [2.75, 3.05) is 13.2 Å². The number of furan rings is 1. The standard InChI is InChI=1S/C27H44O4Si/c1-20-11-14-26(6)23(10-9-13-27(26)29-16-17-30-27)25(20,5)18-22(21-12-15-28-19-21)31-32(7,8)24(2,3)4/h12,15,19,22-23H,1,9-11,13-14,16-18H2,2-8H3/t22-,23+,25-,26+/m0/s1. The Balaban J connectivity index is 1.70. The molecule has 0 N–H and O–H groups in total. The molecule has 0 bridgehead atoms. The van der Waals surface area contributed by atoms with E-state index in [1.807, 2.05) is 6.26 Å². The molecule has 2 heterocycles. The van der Waals surface area contributed by atoms with Gasteiger partial charge in [0.1, 0.15) is 0 Å². The fourth-order valence-electron chi connectivity index (χ4n) is 6.56. The van der Waals surface area contributed by atoms with Crippen LogP contribution in [-0.4, -0.2) is 27.3 Å². The van der Waals surface area contributed by atoms with Crippen LogP contribution < -0.4 is 0 Å². The first-order valence-electron chi connectivity index (χ1n) is 12.5. The van der Waals surface area contributed by atoms with E-state index in [-0.39, 0.29) is 22.0 Å². The van der Waals surface area contributed by atoms with E-state index in [9.17, 15) is 0 Å². The molecule has 180 valence electrons. The molecule has 1 aliphatic heterocycles. The van der Waals surface area contributed by atoms with Crippen LogP contribution in [-0.2, 0) is 13.9 Å². The summed E-state index contributed by atoms with van der Waals surface area (Å²) in [6.45, 7) is 22.5. The summed E-state index contributed by atoms with van der Waals surface area (Å²) in [4.78, 5) is 0. The smallest absolute Gasteiger partial charge is 0.192 e. The third-order valence-corrected chi connectivity index (χ3v) is 14.2. The van der Waals surface area contributed by atoms with E-state index < -0.39 is 14.1 Å². The van der Waals surface area contributed by atoms with Gasteiger partial charge in [0.25, 0.3) is 0 Å². The minimum Gasteiger partial charge on any atom is -0.472 e. The third kappa shape index (κ3) is 3.77. The minimum absolute atomic E-state index is 0.00188. The Kier molecular flexibility index (Phi) is 6.14. The molecule has 1 spiro atoms. The molecule has 1 saturated heterocycles. The highest BCUT2D eigenvalue weighted by atomic mass is 28.4. The number of ether oxygens (including phenoxy) is 2. The van der Waals surface area contributed by atoms with Gasteiger partial charge in [0, 0.05) is 17.4 Å². The van der Waals surface area contributed by atoms with Crippen LogP contribution in [0, 0.1) is 16.7 Å². The second-order valence-corrected chi connectivity index (χ2v) is 17.2. The Labute approximate surface area is 196 Å². The van der Waals surface area contributed by atoms with E-state index in [4.69, 9.17) is 18.3 Å². The van der Waals surface area contributed by atoms with Crippen molar-refractivity contribution in [1.82, 2.24) is 0 Å². The lowest BCUT2D eigenvalue weighted by Gasteiger charge is -2.62. The zero-order valence-electron chi connectivity index (χ0n) is 21.4. The first-order chi connectivity index (χ1) is 14.8. The van der Waals surface area contributed by atoms with Crippen LogP contribution in [0.15, 0.2) is 35.2 Å². The molecule has 1 aromatic heterocycles. The third-order valence-electron chi connectivity index (χ3n) is 9.68. The zero-order chi connectivity index (χ0) is 23.4. The van der Waals surface area contributed by atoms with Crippen molar-refractivity contribution in [2.45, 2.75) is 103 Å². The molecular weight excluding hydrogens is 416 g/mol. The van der Waals surface area contributed by atoms with Gasteiger partial charge in [-0.05, 0) is 67.6 Å². The highest BCUT2D eigenvalue weighted by Crippen LogP contribution is 2.66. The summed E-state index contributed by atoms with van der Waals surface area (Å²) in [5.74, 6) is 0.0315. The lowest BCUT2D eigenvalue weighted by atomic mass is 9.46. The summed E-state index contributed by atoms with van der Waals surface area (Å²) < 4.78 is 25.4. The van der Waals surface area contributed by atoms with Gasteiger partial charge in [-0.15, -0.1) is 0 Å². The van der Waals surface area contributed by atoms with Crippen molar-refractivity contribution < 1.29 is 18.3 Å².